The number of halogens is 36. The van der Waals surface area contributed by atoms with Crippen LogP contribution in [0.25, 0.3) is 0 Å². The van der Waals surface area contributed by atoms with E-state index in [0.29, 0.717) is 9.47 Å². The van der Waals surface area contributed by atoms with Crippen molar-refractivity contribution in [2.45, 2.75) is 103 Å². The molecule has 0 saturated carbocycles. The van der Waals surface area contributed by atoms with Gasteiger partial charge in [0.2, 0.25) is 0 Å². The van der Waals surface area contributed by atoms with Crippen molar-refractivity contribution in [2.75, 3.05) is 0 Å². The van der Waals surface area contributed by atoms with Crippen LogP contribution >= 0.6 is 0 Å². The molecule has 0 aliphatic carbocycles. The summed E-state index contributed by atoms with van der Waals surface area (Å²) in [7, 11) is 0. The Hall–Kier alpha value is -3.05. The molecule has 0 N–H and O–H groups in total. The van der Waals surface area contributed by atoms with Crippen LogP contribution in [-0.2, 0) is 28.5 Å². The minimum Gasteiger partial charge on any atom is -0.263 e. The molecule has 0 bridgehead atoms. The van der Waals surface area contributed by atoms with Crippen molar-refractivity contribution < 1.29 is 187 Å². The van der Waals surface area contributed by atoms with Gasteiger partial charge in [0, 0.05) is 0 Å². The summed E-state index contributed by atoms with van der Waals surface area (Å²) in [6.07, 6.45) is -98.7. The maximum atomic E-state index is 14.5. The Kier molecular flexibility index (Phi) is 14.0. The van der Waals surface area contributed by atoms with E-state index < -0.39 is 109 Å². The fourth-order valence-electron chi connectivity index (χ4n) is 2.71. The summed E-state index contributed by atoms with van der Waals surface area (Å²) in [6, 6.07) is -5.29. The Bertz CT molecular complexity index is 1530. The van der Waals surface area contributed by atoms with Crippen LogP contribution < -0.4 is 0 Å². The monoisotopic (exact) mass is 996 g/mol. The Labute approximate surface area is 297 Å². The summed E-state index contributed by atoms with van der Waals surface area (Å²) in [5.74, 6) is -54.2. The summed E-state index contributed by atoms with van der Waals surface area (Å²) < 4.78 is 483. The molecule has 0 aromatic heterocycles. The predicted octanol–water partition coefficient (Wildman–Crippen LogP) is 10.9. The van der Waals surface area contributed by atoms with E-state index in [1.807, 2.05) is 0 Å². The molecule has 42 heteroatoms. The molecule has 0 fully saturated rings. The highest BCUT2D eigenvalue weighted by Gasteiger charge is 2.91. The lowest BCUT2D eigenvalue weighted by atomic mass is 10.2. The fraction of sp³-hybridized carbons (Fsp3) is 0.944. The van der Waals surface area contributed by atoms with E-state index in [1.54, 1.807) is 0 Å². The Morgan fingerprint density at radius 2 is 0.433 bits per heavy atom. The molecule has 6 nitrogen and oxygen atoms in total. The minimum absolute atomic E-state index is 0.652. The number of carbonyl (C=O) groups is 1. The van der Waals surface area contributed by atoms with E-state index in [1.165, 1.54) is 0 Å². The summed E-state index contributed by atoms with van der Waals surface area (Å²) in [5.41, 5.74) is 0. The van der Waals surface area contributed by atoms with Gasteiger partial charge in [-0.05, 0) is 0 Å². The Morgan fingerprint density at radius 3 is 0.583 bits per heavy atom. The fourth-order valence-corrected chi connectivity index (χ4v) is 2.71. The van der Waals surface area contributed by atoms with Gasteiger partial charge in [-0.2, -0.15) is 158 Å². The molecule has 0 unspecified atom stereocenters. The van der Waals surface area contributed by atoms with E-state index in [2.05, 4.69) is 0 Å². The zero-order valence-electron chi connectivity index (χ0n) is 25.1. The smallest absolute Gasteiger partial charge is 0.263 e. The molecular weight excluding hydrogens is 996 g/mol. The molecule has 0 aromatic carbocycles. The zero-order valence-corrected chi connectivity index (χ0v) is 25.1. The van der Waals surface area contributed by atoms with E-state index in [-0.39, 0.29) is 0 Å². The normalized spacial score (nSPS) is 20.7. The van der Waals surface area contributed by atoms with Crippen LogP contribution in [0.4, 0.5) is 158 Å². The number of rotatable bonds is 16. The molecule has 360 valence electrons. The number of ether oxygens (including phenoxy) is 5. The molecule has 0 rings (SSSR count). The van der Waals surface area contributed by atoms with Gasteiger partial charge in [-0.1, -0.05) is 0 Å². The highest BCUT2D eigenvalue weighted by Crippen LogP contribution is 2.62. The van der Waals surface area contributed by atoms with Crippen molar-refractivity contribution in [3.8, 4) is 0 Å². The van der Waals surface area contributed by atoms with Crippen molar-refractivity contribution in [1.82, 2.24) is 0 Å². The highest BCUT2D eigenvalue weighted by atomic mass is 19.5. The summed E-state index contributed by atoms with van der Waals surface area (Å²) >= 11 is 0. The lowest BCUT2D eigenvalue weighted by Crippen LogP contribution is -2.73. The number of hydrogen-bond acceptors (Lipinski definition) is 6. The van der Waals surface area contributed by atoms with Crippen molar-refractivity contribution in [3.63, 3.8) is 0 Å². The Morgan fingerprint density at radius 1 is 0.250 bits per heavy atom. The van der Waals surface area contributed by atoms with Gasteiger partial charge in [0.15, 0.2) is 0 Å². The molecular formula is C18F36O6. The average molecular weight is 996 g/mol. The van der Waals surface area contributed by atoms with Crippen LogP contribution in [-0.4, -0.2) is 109 Å². The predicted molar refractivity (Wildman–Crippen MR) is 96.7 cm³/mol. The Balaban J connectivity index is 8.02. The summed E-state index contributed by atoms with van der Waals surface area (Å²) in [5, 5.41) is 0. The largest absolute Gasteiger partial charge is 0.462 e. The molecule has 5 atom stereocenters. The topological polar surface area (TPSA) is 63.2 Å². The van der Waals surface area contributed by atoms with E-state index in [4.69, 9.17) is 0 Å². The maximum absolute atomic E-state index is 14.5. The van der Waals surface area contributed by atoms with Crippen LogP contribution in [0.3, 0.4) is 0 Å². The zero-order chi connectivity index (χ0) is 49.6. The van der Waals surface area contributed by atoms with Gasteiger partial charge < -0.3 is 0 Å². The third-order valence-electron chi connectivity index (χ3n) is 5.64. The van der Waals surface area contributed by atoms with Gasteiger partial charge in [-0.25, -0.2) is 0 Å². The lowest BCUT2D eigenvalue weighted by Gasteiger charge is -2.44. The summed E-state index contributed by atoms with van der Waals surface area (Å²) in [4.78, 5) is 10.1. The molecule has 0 heterocycles. The van der Waals surface area contributed by atoms with E-state index in [0.717, 1.165) is 14.2 Å². The van der Waals surface area contributed by atoms with Crippen molar-refractivity contribution >= 4 is 6.04 Å². The standard InChI is InChI=1S/C18F36O6/c19-1(55)2(20,8(27,28)29)56-15(47,48)4(23,10(33,34)35)58-17(51,52)6(25,12(39,40)41)60-18(53,54)7(26,13(42,43)44)59-16(49,50)5(24,11(36,37)38)57-14(45,46)3(21,22)9(30,31)32/t2-,4+,5-,6-,7-/m0/s1. The number of carbonyl (C=O) groups excluding carboxylic acids is 1. The first-order chi connectivity index (χ1) is 25.2. The van der Waals surface area contributed by atoms with Gasteiger partial charge in [0.1, 0.15) is 0 Å². The second-order valence-corrected chi connectivity index (χ2v) is 9.91. The molecule has 0 spiro atoms. The maximum Gasteiger partial charge on any atom is 0.462 e. The second kappa shape index (κ2) is 14.8. The quantitative estimate of drug-likeness (QED) is 0.113. The molecule has 0 saturated heterocycles. The van der Waals surface area contributed by atoms with Crippen molar-refractivity contribution in [3.05, 3.63) is 0 Å². The third-order valence-corrected chi connectivity index (χ3v) is 5.64. The number of hydrogen-bond donors (Lipinski definition) is 0. The highest BCUT2D eigenvalue weighted by molar-refractivity contribution is 5.77. The van der Waals surface area contributed by atoms with E-state index in [9.17, 15) is 163 Å². The van der Waals surface area contributed by atoms with Crippen LogP contribution in [0.5, 0.6) is 0 Å². The molecule has 0 aromatic rings. The first kappa shape index (κ1) is 57.0. The third kappa shape index (κ3) is 9.19. The van der Waals surface area contributed by atoms with Crippen LogP contribution in [0.15, 0.2) is 0 Å². The molecule has 0 amide bonds. The second-order valence-electron chi connectivity index (χ2n) is 9.91. The first-order valence-corrected chi connectivity index (χ1v) is 12.0. The molecule has 0 aliphatic heterocycles. The number of alkyl halides is 35. The average Bonchev–Trinajstić information content (AvgIpc) is 2.91. The van der Waals surface area contributed by atoms with Gasteiger partial charge in [-0.15, -0.1) is 0 Å². The van der Waals surface area contributed by atoms with Gasteiger partial charge in [0.25, 0.3) is 0 Å². The minimum atomic E-state index is -9.64. The van der Waals surface area contributed by atoms with Crippen LogP contribution in [0.1, 0.15) is 0 Å². The molecule has 0 aliphatic rings. The SMILES string of the molecule is O=C(F)[C@](F)(OC(F)(F)[C@](F)(OC(F)(F)[C@@](F)(OC(F)(F)[C@@](F)(OC(F)(F)[C@@](F)(OC(F)(F)C(F)(F)C(F)(F)F)C(F)(F)F)C(F)(F)F)C(F)(F)F)C(F)(F)F)C(F)(F)F. The van der Waals surface area contributed by atoms with Crippen LogP contribution in [0, 0.1) is 0 Å². The lowest BCUT2D eigenvalue weighted by molar-refractivity contribution is -0.600. The van der Waals surface area contributed by atoms with Crippen LogP contribution in [0.2, 0.25) is 0 Å². The summed E-state index contributed by atoms with van der Waals surface area (Å²) in [6.45, 7) is 0. The van der Waals surface area contributed by atoms with Crippen molar-refractivity contribution in [1.29, 1.82) is 0 Å². The van der Waals surface area contributed by atoms with E-state index >= 15 is 0 Å². The van der Waals surface area contributed by atoms with Gasteiger partial charge >= 0.3 is 109 Å². The molecule has 60 heavy (non-hydrogen) atoms. The van der Waals surface area contributed by atoms with Gasteiger partial charge in [0.05, 0.1) is 0 Å². The van der Waals surface area contributed by atoms with Gasteiger partial charge in [-0.3, -0.25) is 28.5 Å². The first-order valence-electron chi connectivity index (χ1n) is 12.0. The molecule has 0 radical (unpaired) electrons. The van der Waals surface area contributed by atoms with Crippen molar-refractivity contribution in [2.24, 2.45) is 0 Å².